The summed E-state index contributed by atoms with van der Waals surface area (Å²) in [5, 5.41) is 2.83. The van der Waals surface area contributed by atoms with Crippen molar-refractivity contribution in [2.45, 2.75) is 19.1 Å². The molecule has 0 radical (unpaired) electrons. The normalized spacial score (nSPS) is 19.2. The molecular formula is C20H21N3O4. The highest BCUT2D eigenvalue weighted by Crippen LogP contribution is 2.20. The number of nitrogens with one attached hydrogen (secondary N) is 1. The molecule has 1 N–H and O–H groups in total. The van der Waals surface area contributed by atoms with Gasteiger partial charge in [-0.25, -0.2) is 9.78 Å². The third-order valence-electron chi connectivity index (χ3n) is 4.80. The molecule has 0 saturated carbocycles. The molecular weight excluding hydrogens is 346 g/mol. The molecule has 1 amide bonds. The Morgan fingerprint density at radius 1 is 1.19 bits per heavy atom. The minimum Gasteiger partial charge on any atom is -0.448 e. The number of carbonyl (C=O) groups is 2. The molecule has 0 bridgehead atoms. The topological polar surface area (TPSA) is 80.8 Å². The highest BCUT2D eigenvalue weighted by molar-refractivity contribution is 5.95. The number of pyridine rings is 1. The van der Waals surface area contributed by atoms with Gasteiger partial charge in [0, 0.05) is 32.3 Å². The van der Waals surface area contributed by atoms with Crippen molar-refractivity contribution in [1.29, 1.82) is 0 Å². The van der Waals surface area contributed by atoms with E-state index in [4.69, 9.17) is 9.47 Å². The van der Waals surface area contributed by atoms with Gasteiger partial charge in [0.1, 0.15) is 5.82 Å². The quantitative estimate of drug-likeness (QED) is 0.821. The number of carbonyl (C=O) groups excluding carboxylic acids is 2. The molecule has 7 nitrogen and oxygen atoms in total. The summed E-state index contributed by atoms with van der Waals surface area (Å²) in [6.07, 6.45) is 1.35. The number of fused-ring (bicyclic) bond motifs is 1. The van der Waals surface area contributed by atoms with Crippen LogP contribution in [0.1, 0.15) is 21.5 Å². The molecule has 2 aliphatic heterocycles. The largest absolute Gasteiger partial charge is 0.448 e. The fourth-order valence-corrected chi connectivity index (χ4v) is 3.28. The maximum absolute atomic E-state index is 12.4. The van der Waals surface area contributed by atoms with Gasteiger partial charge in [-0.1, -0.05) is 24.3 Å². The van der Waals surface area contributed by atoms with E-state index in [9.17, 15) is 9.59 Å². The zero-order chi connectivity index (χ0) is 18.6. The Labute approximate surface area is 157 Å². The van der Waals surface area contributed by atoms with Crippen molar-refractivity contribution in [2.24, 2.45) is 0 Å². The van der Waals surface area contributed by atoms with E-state index in [0.29, 0.717) is 31.7 Å². The molecule has 3 heterocycles. The Balaban J connectivity index is 1.33. The second-order valence-corrected chi connectivity index (χ2v) is 6.60. The molecule has 140 valence electrons. The van der Waals surface area contributed by atoms with Crippen LogP contribution >= 0.6 is 0 Å². The van der Waals surface area contributed by atoms with Gasteiger partial charge in [-0.05, 0) is 23.3 Å². The Morgan fingerprint density at radius 3 is 2.78 bits per heavy atom. The molecule has 27 heavy (non-hydrogen) atoms. The number of hydrogen-bond donors (Lipinski definition) is 1. The minimum absolute atomic E-state index is 0.296. The smallest absolute Gasteiger partial charge is 0.339 e. The lowest BCUT2D eigenvalue weighted by molar-refractivity contribution is -0.130. The van der Waals surface area contributed by atoms with E-state index in [2.05, 4.69) is 15.2 Å². The lowest BCUT2D eigenvalue weighted by Gasteiger charge is -2.27. The van der Waals surface area contributed by atoms with Crippen molar-refractivity contribution >= 4 is 17.7 Å². The first-order chi connectivity index (χ1) is 13.2. The lowest BCUT2D eigenvalue weighted by Crippen LogP contribution is -2.41. The van der Waals surface area contributed by atoms with Crippen molar-refractivity contribution in [3.63, 3.8) is 0 Å². The third-order valence-corrected chi connectivity index (χ3v) is 4.80. The molecule has 7 heteroatoms. The predicted molar refractivity (Wildman–Crippen MR) is 98.5 cm³/mol. The minimum atomic E-state index is -0.798. The van der Waals surface area contributed by atoms with E-state index in [0.717, 1.165) is 30.0 Å². The van der Waals surface area contributed by atoms with Crippen molar-refractivity contribution in [2.75, 3.05) is 31.2 Å². The van der Waals surface area contributed by atoms with Gasteiger partial charge in [-0.15, -0.1) is 0 Å². The fraction of sp³-hybridized carbons (Fsp3) is 0.350. The molecule has 0 spiro atoms. The summed E-state index contributed by atoms with van der Waals surface area (Å²) in [5.74, 6) is 0.162. The SMILES string of the molecule is O=C1OC(C(=O)NCc2ccc(N3CCOCC3)nc2)Cc2ccccc21. The summed E-state index contributed by atoms with van der Waals surface area (Å²) in [6.45, 7) is 3.42. The number of rotatable bonds is 4. The molecule has 1 aromatic heterocycles. The first-order valence-electron chi connectivity index (χ1n) is 9.05. The number of cyclic esters (lactones) is 1. The van der Waals surface area contributed by atoms with Crippen LogP contribution in [0.3, 0.4) is 0 Å². The number of hydrogen-bond acceptors (Lipinski definition) is 6. The third kappa shape index (κ3) is 3.93. The molecule has 1 aromatic carbocycles. The molecule has 2 aromatic rings. The van der Waals surface area contributed by atoms with Crippen LogP contribution in [0.5, 0.6) is 0 Å². The van der Waals surface area contributed by atoms with E-state index in [1.54, 1.807) is 18.3 Å². The molecule has 1 unspecified atom stereocenters. The van der Waals surface area contributed by atoms with Crippen molar-refractivity contribution in [3.05, 3.63) is 59.3 Å². The van der Waals surface area contributed by atoms with Gasteiger partial charge in [0.25, 0.3) is 5.91 Å². The predicted octanol–water partition coefficient (Wildman–Crippen LogP) is 1.32. The Morgan fingerprint density at radius 2 is 2.00 bits per heavy atom. The number of nitrogens with zero attached hydrogens (tertiary/aromatic N) is 2. The lowest BCUT2D eigenvalue weighted by atomic mass is 9.98. The Hall–Kier alpha value is -2.93. The second kappa shape index (κ2) is 7.75. The molecule has 4 rings (SSSR count). The summed E-state index contributed by atoms with van der Waals surface area (Å²) in [7, 11) is 0. The van der Waals surface area contributed by atoms with Crippen LogP contribution in [-0.4, -0.2) is 49.3 Å². The average molecular weight is 367 g/mol. The van der Waals surface area contributed by atoms with E-state index < -0.39 is 12.1 Å². The Kier molecular flexibility index (Phi) is 5.02. The standard InChI is InChI=1S/C20H21N3O4/c24-19(17-11-15-3-1-2-4-16(15)20(25)27-17)22-13-14-5-6-18(21-12-14)23-7-9-26-10-8-23/h1-6,12,17H,7-11,13H2,(H,22,24). The molecule has 1 saturated heterocycles. The van der Waals surface area contributed by atoms with Crippen molar-refractivity contribution < 1.29 is 19.1 Å². The number of ether oxygens (including phenoxy) is 2. The van der Waals surface area contributed by atoms with E-state index >= 15 is 0 Å². The van der Waals surface area contributed by atoms with Crippen LogP contribution in [0.15, 0.2) is 42.6 Å². The van der Waals surface area contributed by atoms with E-state index in [1.807, 2.05) is 24.3 Å². The van der Waals surface area contributed by atoms with Gasteiger partial charge in [0.05, 0.1) is 18.8 Å². The molecule has 1 fully saturated rings. The van der Waals surface area contributed by atoms with Gasteiger partial charge in [0.15, 0.2) is 6.10 Å². The zero-order valence-corrected chi connectivity index (χ0v) is 14.9. The van der Waals surface area contributed by atoms with Gasteiger partial charge < -0.3 is 19.7 Å². The number of anilines is 1. The van der Waals surface area contributed by atoms with Gasteiger partial charge in [-0.2, -0.15) is 0 Å². The number of amides is 1. The summed E-state index contributed by atoms with van der Waals surface area (Å²) in [6, 6.07) is 11.1. The first-order valence-corrected chi connectivity index (χ1v) is 9.05. The number of morpholine rings is 1. The van der Waals surface area contributed by atoms with Crippen LogP contribution in [0.4, 0.5) is 5.82 Å². The first kappa shape index (κ1) is 17.5. The maximum Gasteiger partial charge on any atom is 0.339 e. The van der Waals surface area contributed by atoms with E-state index in [-0.39, 0.29) is 5.91 Å². The van der Waals surface area contributed by atoms with Crippen molar-refractivity contribution in [3.8, 4) is 0 Å². The maximum atomic E-state index is 12.4. The van der Waals surface area contributed by atoms with Gasteiger partial charge >= 0.3 is 5.97 Å². The fourth-order valence-electron chi connectivity index (χ4n) is 3.28. The zero-order valence-electron chi connectivity index (χ0n) is 14.9. The highest BCUT2D eigenvalue weighted by atomic mass is 16.5. The van der Waals surface area contributed by atoms with Gasteiger partial charge in [-0.3, -0.25) is 4.79 Å². The average Bonchev–Trinajstić information content (AvgIpc) is 2.73. The monoisotopic (exact) mass is 367 g/mol. The highest BCUT2D eigenvalue weighted by Gasteiger charge is 2.30. The Bertz CT molecular complexity index is 831. The summed E-state index contributed by atoms with van der Waals surface area (Å²) >= 11 is 0. The number of aromatic nitrogens is 1. The summed E-state index contributed by atoms with van der Waals surface area (Å²) in [4.78, 5) is 31.1. The van der Waals surface area contributed by atoms with Crippen LogP contribution in [0, 0.1) is 0 Å². The van der Waals surface area contributed by atoms with Crippen molar-refractivity contribution in [1.82, 2.24) is 10.3 Å². The van der Waals surface area contributed by atoms with Crippen LogP contribution in [0.2, 0.25) is 0 Å². The molecule has 0 aliphatic carbocycles. The van der Waals surface area contributed by atoms with Gasteiger partial charge in [0.2, 0.25) is 0 Å². The van der Waals surface area contributed by atoms with Crippen LogP contribution in [-0.2, 0) is 27.2 Å². The summed E-state index contributed by atoms with van der Waals surface area (Å²) < 4.78 is 10.6. The molecule has 1 atom stereocenters. The second-order valence-electron chi connectivity index (χ2n) is 6.60. The number of esters is 1. The van der Waals surface area contributed by atoms with Crippen LogP contribution in [0.25, 0.3) is 0 Å². The molecule has 2 aliphatic rings. The summed E-state index contributed by atoms with van der Waals surface area (Å²) in [5.41, 5.74) is 2.26. The van der Waals surface area contributed by atoms with E-state index in [1.165, 1.54) is 0 Å². The number of benzene rings is 1. The van der Waals surface area contributed by atoms with Crippen LogP contribution < -0.4 is 10.2 Å².